The summed E-state index contributed by atoms with van der Waals surface area (Å²) < 4.78 is 4.26. The predicted octanol–water partition coefficient (Wildman–Crippen LogP) is 2.11. The third-order valence-corrected chi connectivity index (χ3v) is 4.81. The van der Waals surface area contributed by atoms with Gasteiger partial charge in [-0.1, -0.05) is 6.07 Å². The zero-order chi connectivity index (χ0) is 17.7. The van der Waals surface area contributed by atoms with Gasteiger partial charge in [0.25, 0.3) is 11.8 Å². The molecule has 2 aromatic rings. The maximum atomic E-state index is 13.1. The van der Waals surface area contributed by atoms with Gasteiger partial charge < -0.3 is 15.5 Å². The number of aromatic nitrogens is 2. The number of nitrogens with one attached hydrogen (secondary N) is 2. The molecule has 132 valence electrons. The van der Waals surface area contributed by atoms with Gasteiger partial charge in [0.15, 0.2) is 5.66 Å². The fourth-order valence-corrected chi connectivity index (χ4v) is 3.57. The summed E-state index contributed by atoms with van der Waals surface area (Å²) in [5.74, 6) is 0.123. The van der Waals surface area contributed by atoms with Crippen LogP contribution in [-0.4, -0.2) is 44.8 Å². The number of anilines is 1. The second-order valence-electron chi connectivity index (χ2n) is 5.86. The average Bonchev–Trinajstić information content (AvgIpc) is 3.15. The molecule has 1 aliphatic heterocycles. The summed E-state index contributed by atoms with van der Waals surface area (Å²) in [6.45, 7) is 2.84. The Bertz CT molecular complexity index is 722. The summed E-state index contributed by atoms with van der Waals surface area (Å²) in [7, 11) is 0. The van der Waals surface area contributed by atoms with E-state index in [1.807, 2.05) is 18.4 Å². The molecule has 0 aliphatic carbocycles. The highest BCUT2D eigenvalue weighted by Gasteiger charge is 2.48. The summed E-state index contributed by atoms with van der Waals surface area (Å²) in [5, 5.41) is 7.92. The van der Waals surface area contributed by atoms with Crippen LogP contribution in [0.25, 0.3) is 0 Å². The van der Waals surface area contributed by atoms with Crippen LogP contribution in [0.5, 0.6) is 0 Å². The Kier molecular flexibility index (Phi) is 5.28. The van der Waals surface area contributed by atoms with E-state index in [1.165, 1.54) is 11.5 Å². The van der Waals surface area contributed by atoms with Crippen LogP contribution in [-0.2, 0) is 4.79 Å². The fraction of sp³-hybridized carbons (Fsp3) is 0.412. The number of piperidine rings is 1. The number of amides is 2. The van der Waals surface area contributed by atoms with Gasteiger partial charge in [-0.3, -0.25) is 14.6 Å². The van der Waals surface area contributed by atoms with Crippen LogP contribution in [0.3, 0.4) is 0 Å². The predicted molar refractivity (Wildman–Crippen MR) is 96.3 cm³/mol. The van der Waals surface area contributed by atoms with Crippen molar-refractivity contribution >= 4 is 29.2 Å². The van der Waals surface area contributed by atoms with Crippen LogP contribution < -0.4 is 10.6 Å². The second kappa shape index (κ2) is 7.60. The molecular weight excluding hydrogens is 338 g/mol. The average molecular weight is 359 g/mol. The third-order valence-electron chi connectivity index (χ3n) is 4.25. The first-order valence-electron chi connectivity index (χ1n) is 8.37. The zero-order valence-electron chi connectivity index (χ0n) is 14.1. The van der Waals surface area contributed by atoms with E-state index in [4.69, 9.17) is 0 Å². The van der Waals surface area contributed by atoms with Gasteiger partial charge in [-0.25, -0.2) is 0 Å². The van der Waals surface area contributed by atoms with Crippen LogP contribution in [0.1, 0.15) is 36.7 Å². The van der Waals surface area contributed by atoms with Crippen LogP contribution >= 0.6 is 11.5 Å². The van der Waals surface area contributed by atoms with E-state index in [0.717, 1.165) is 12.8 Å². The number of carbonyl (C=O) groups excluding carboxylic acids is 2. The Balaban J connectivity index is 1.99. The van der Waals surface area contributed by atoms with Crippen molar-refractivity contribution in [3.8, 4) is 0 Å². The largest absolute Gasteiger partial charge is 0.353 e. The van der Waals surface area contributed by atoms with Crippen LogP contribution in [0.4, 0.5) is 5.82 Å². The van der Waals surface area contributed by atoms with Crippen molar-refractivity contribution in [2.45, 2.75) is 31.8 Å². The number of hydrogen-bond acceptors (Lipinski definition) is 6. The van der Waals surface area contributed by atoms with E-state index in [1.54, 1.807) is 29.3 Å². The maximum Gasteiger partial charge on any atom is 0.274 e. The summed E-state index contributed by atoms with van der Waals surface area (Å²) in [6, 6.07) is 7.01. The van der Waals surface area contributed by atoms with Crippen molar-refractivity contribution in [3.05, 3.63) is 41.5 Å². The lowest BCUT2D eigenvalue weighted by atomic mass is 9.93. The molecule has 1 fully saturated rings. The summed E-state index contributed by atoms with van der Waals surface area (Å²) >= 11 is 1.30. The number of likely N-dealkylation sites (tertiary alicyclic amines) is 1. The maximum absolute atomic E-state index is 13.1. The van der Waals surface area contributed by atoms with E-state index < -0.39 is 5.66 Å². The molecule has 0 bridgehead atoms. The summed E-state index contributed by atoms with van der Waals surface area (Å²) in [5.41, 5.74) is -0.824. The van der Waals surface area contributed by atoms with Crippen molar-refractivity contribution in [2.75, 3.05) is 18.4 Å². The molecule has 2 amide bonds. The first kappa shape index (κ1) is 17.3. The van der Waals surface area contributed by atoms with E-state index >= 15 is 0 Å². The van der Waals surface area contributed by atoms with Gasteiger partial charge in [0.1, 0.15) is 11.5 Å². The number of nitrogens with zero attached hydrogens (tertiary/aromatic N) is 3. The van der Waals surface area contributed by atoms with Crippen LogP contribution in [0.2, 0.25) is 0 Å². The highest BCUT2D eigenvalue weighted by atomic mass is 32.1. The lowest BCUT2D eigenvalue weighted by Crippen LogP contribution is -2.67. The monoisotopic (exact) mass is 359 g/mol. The number of carbonyl (C=O) groups is 2. The molecule has 3 heterocycles. The molecule has 0 aromatic carbocycles. The SMILES string of the molecule is CCNC(=O)C1(Nc2ccsn2)CCCCN1C(=O)c1ccccn1. The van der Waals surface area contributed by atoms with Crippen LogP contribution in [0, 0.1) is 0 Å². The minimum absolute atomic E-state index is 0.216. The molecule has 7 nitrogen and oxygen atoms in total. The van der Waals surface area contributed by atoms with Gasteiger partial charge in [0.2, 0.25) is 0 Å². The molecule has 2 N–H and O–H groups in total. The molecule has 1 saturated heterocycles. The molecule has 1 atom stereocenters. The molecule has 8 heteroatoms. The minimum atomic E-state index is -1.16. The highest BCUT2D eigenvalue weighted by Crippen LogP contribution is 2.31. The second-order valence-corrected chi connectivity index (χ2v) is 6.52. The molecule has 2 aromatic heterocycles. The van der Waals surface area contributed by atoms with Gasteiger partial charge in [-0.2, -0.15) is 4.37 Å². The Hall–Kier alpha value is -2.48. The highest BCUT2D eigenvalue weighted by molar-refractivity contribution is 7.03. The standard InChI is InChI=1S/C17H21N5O2S/c1-2-18-16(24)17(20-14-8-12-25-21-14)9-4-6-11-22(17)15(23)13-7-3-5-10-19-13/h3,5,7-8,10,12H,2,4,6,9,11H2,1H3,(H,18,24)(H,20,21). The van der Waals surface area contributed by atoms with Gasteiger partial charge >= 0.3 is 0 Å². The molecule has 1 aliphatic rings. The van der Waals surface area contributed by atoms with E-state index in [9.17, 15) is 9.59 Å². The first-order valence-corrected chi connectivity index (χ1v) is 9.21. The van der Waals surface area contributed by atoms with E-state index in [2.05, 4.69) is 20.0 Å². The lowest BCUT2D eigenvalue weighted by Gasteiger charge is -2.45. The molecule has 3 rings (SSSR count). The minimum Gasteiger partial charge on any atom is -0.353 e. The smallest absolute Gasteiger partial charge is 0.274 e. The van der Waals surface area contributed by atoms with E-state index in [0.29, 0.717) is 31.0 Å². The molecule has 0 radical (unpaired) electrons. The van der Waals surface area contributed by atoms with Gasteiger partial charge in [0.05, 0.1) is 0 Å². The molecule has 0 spiro atoms. The van der Waals surface area contributed by atoms with Crippen molar-refractivity contribution in [1.82, 2.24) is 19.6 Å². The number of pyridine rings is 1. The summed E-state index contributed by atoms with van der Waals surface area (Å²) in [4.78, 5) is 31.8. The van der Waals surface area contributed by atoms with Crippen molar-refractivity contribution in [2.24, 2.45) is 0 Å². The third kappa shape index (κ3) is 3.48. The topological polar surface area (TPSA) is 87.2 Å². The molecular formula is C17H21N5O2S. The fourth-order valence-electron chi connectivity index (χ4n) is 3.10. The molecule has 1 unspecified atom stereocenters. The Labute approximate surface area is 150 Å². The Morgan fingerprint density at radius 3 is 2.88 bits per heavy atom. The first-order chi connectivity index (χ1) is 12.2. The normalized spacial score (nSPS) is 20.1. The van der Waals surface area contributed by atoms with Gasteiger partial charge in [-0.05, 0) is 55.9 Å². The van der Waals surface area contributed by atoms with Crippen molar-refractivity contribution < 1.29 is 9.59 Å². The van der Waals surface area contributed by atoms with Crippen molar-refractivity contribution in [3.63, 3.8) is 0 Å². The summed E-state index contributed by atoms with van der Waals surface area (Å²) in [6.07, 6.45) is 3.80. The Morgan fingerprint density at radius 2 is 2.20 bits per heavy atom. The number of likely N-dealkylation sites (N-methyl/N-ethyl adjacent to an activating group) is 1. The van der Waals surface area contributed by atoms with Gasteiger partial charge in [-0.15, -0.1) is 0 Å². The van der Waals surface area contributed by atoms with Crippen molar-refractivity contribution in [1.29, 1.82) is 0 Å². The molecule has 0 saturated carbocycles. The zero-order valence-corrected chi connectivity index (χ0v) is 14.9. The quantitative estimate of drug-likeness (QED) is 0.854. The van der Waals surface area contributed by atoms with Gasteiger partial charge in [0, 0.05) is 24.7 Å². The van der Waals surface area contributed by atoms with E-state index in [-0.39, 0.29) is 11.8 Å². The lowest BCUT2D eigenvalue weighted by molar-refractivity contribution is -0.132. The molecule has 25 heavy (non-hydrogen) atoms. The number of hydrogen-bond donors (Lipinski definition) is 2. The Morgan fingerprint density at radius 1 is 1.32 bits per heavy atom. The van der Waals surface area contributed by atoms with Crippen LogP contribution in [0.15, 0.2) is 35.8 Å². The number of rotatable bonds is 5.